The van der Waals surface area contributed by atoms with Gasteiger partial charge in [0.15, 0.2) is 23.3 Å². The van der Waals surface area contributed by atoms with Crippen molar-refractivity contribution in [1.82, 2.24) is 4.90 Å². The number of carbonyl (C=O) groups excluding carboxylic acids is 1. The van der Waals surface area contributed by atoms with E-state index < -0.39 is 53.3 Å². The van der Waals surface area contributed by atoms with E-state index in [0.29, 0.717) is 4.90 Å². The number of carboxylic acids is 1. The Morgan fingerprint density at radius 3 is 2.15 bits per heavy atom. The monoisotopic (exact) mass is 293 g/mol. The first-order valence-electron chi connectivity index (χ1n) is 5.52. The lowest BCUT2D eigenvalue weighted by Crippen LogP contribution is -2.41. The van der Waals surface area contributed by atoms with Crippen molar-refractivity contribution >= 4 is 11.9 Å². The van der Waals surface area contributed by atoms with Crippen LogP contribution in [0.1, 0.15) is 24.2 Å². The molecule has 1 aromatic carbocycles. The molecule has 0 aliphatic rings. The lowest BCUT2D eigenvalue weighted by Gasteiger charge is -2.25. The predicted molar refractivity (Wildman–Crippen MR) is 60.1 cm³/mol. The number of nitrogens with zero attached hydrogens (tertiary/aromatic N) is 1. The van der Waals surface area contributed by atoms with Crippen LogP contribution < -0.4 is 0 Å². The number of hydrogen-bond acceptors (Lipinski definition) is 2. The molecule has 0 radical (unpaired) electrons. The van der Waals surface area contributed by atoms with Crippen LogP contribution in [-0.2, 0) is 4.79 Å². The van der Waals surface area contributed by atoms with E-state index in [0.717, 1.165) is 0 Å². The number of aliphatic carboxylic acids is 1. The van der Waals surface area contributed by atoms with Gasteiger partial charge in [0.25, 0.3) is 5.91 Å². The summed E-state index contributed by atoms with van der Waals surface area (Å²) >= 11 is 0. The first kappa shape index (κ1) is 15.9. The van der Waals surface area contributed by atoms with Crippen molar-refractivity contribution in [2.24, 2.45) is 0 Å². The molecule has 1 amide bonds. The maximum Gasteiger partial charge on any atom is 0.323 e. The molecule has 0 unspecified atom stereocenters. The molecule has 0 heterocycles. The Hall–Kier alpha value is -2.12. The summed E-state index contributed by atoms with van der Waals surface area (Å²) in [5.74, 6) is -10.4. The largest absolute Gasteiger partial charge is 0.480 e. The molecule has 0 aromatic heterocycles. The molecule has 4 nitrogen and oxygen atoms in total. The summed E-state index contributed by atoms with van der Waals surface area (Å²) in [6.45, 7) is 2.10. The predicted octanol–water partition coefficient (Wildman–Crippen LogP) is 2.18. The maximum absolute atomic E-state index is 13.5. The van der Waals surface area contributed by atoms with Crippen molar-refractivity contribution in [2.75, 3.05) is 6.54 Å². The Labute approximate surface area is 111 Å². The van der Waals surface area contributed by atoms with Crippen LogP contribution >= 0.6 is 0 Å². The molecule has 1 N–H and O–H groups in total. The third-order valence-electron chi connectivity index (χ3n) is 2.52. The Morgan fingerprint density at radius 2 is 1.70 bits per heavy atom. The van der Waals surface area contributed by atoms with E-state index in [1.165, 1.54) is 13.8 Å². The third kappa shape index (κ3) is 3.06. The minimum Gasteiger partial charge on any atom is -0.480 e. The summed E-state index contributed by atoms with van der Waals surface area (Å²) in [7, 11) is 0. The summed E-state index contributed by atoms with van der Waals surface area (Å²) in [5.41, 5.74) is -1.06. The van der Waals surface area contributed by atoms with E-state index in [1.807, 2.05) is 0 Å². The van der Waals surface area contributed by atoms with Crippen molar-refractivity contribution in [3.8, 4) is 0 Å². The van der Waals surface area contributed by atoms with Gasteiger partial charge in [-0.2, -0.15) is 0 Å². The van der Waals surface area contributed by atoms with Crippen LogP contribution in [0.2, 0.25) is 0 Å². The third-order valence-corrected chi connectivity index (χ3v) is 2.52. The molecule has 0 bridgehead atoms. The number of rotatable bonds is 4. The Balaban J connectivity index is 3.29. The van der Waals surface area contributed by atoms with Crippen molar-refractivity contribution in [3.63, 3.8) is 0 Å². The second kappa shape index (κ2) is 5.89. The Kier molecular flexibility index (Phi) is 4.69. The van der Waals surface area contributed by atoms with Gasteiger partial charge in [0.1, 0.15) is 6.54 Å². The fourth-order valence-corrected chi connectivity index (χ4v) is 1.52. The van der Waals surface area contributed by atoms with Gasteiger partial charge in [0, 0.05) is 6.04 Å². The fourth-order valence-electron chi connectivity index (χ4n) is 1.52. The van der Waals surface area contributed by atoms with Crippen LogP contribution in [0.4, 0.5) is 17.6 Å². The average Bonchev–Trinajstić information content (AvgIpc) is 2.36. The lowest BCUT2D eigenvalue weighted by molar-refractivity contribution is -0.138. The van der Waals surface area contributed by atoms with E-state index >= 15 is 0 Å². The lowest BCUT2D eigenvalue weighted by atomic mass is 10.1. The Bertz CT molecular complexity index is 560. The fraction of sp³-hybridized carbons (Fsp3) is 0.333. The SMILES string of the molecule is CC(C)N(CC(=O)O)C(=O)c1cc(F)c(F)c(F)c1F. The summed E-state index contributed by atoms with van der Waals surface area (Å²) in [6, 6.07) is -0.456. The van der Waals surface area contributed by atoms with Gasteiger partial charge in [-0.05, 0) is 19.9 Å². The maximum atomic E-state index is 13.5. The van der Waals surface area contributed by atoms with Gasteiger partial charge in [0.2, 0.25) is 0 Å². The molecule has 0 saturated carbocycles. The molecule has 0 saturated heterocycles. The second-order valence-electron chi connectivity index (χ2n) is 4.27. The molecular formula is C12H11F4NO3. The van der Waals surface area contributed by atoms with Crippen molar-refractivity contribution in [1.29, 1.82) is 0 Å². The highest BCUT2D eigenvalue weighted by molar-refractivity contribution is 5.96. The van der Waals surface area contributed by atoms with E-state index in [1.54, 1.807) is 0 Å². The standard InChI is InChI=1S/C12H11F4NO3/c1-5(2)17(4-8(18)19)12(20)6-3-7(13)10(15)11(16)9(6)14/h3,5H,4H2,1-2H3,(H,18,19). The van der Waals surface area contributed by atoms with Gasteiger partial charge < -0.3 is 10.0 Å². The number of carbonyl (C=O) groups is 2. The summed E-state index contributed by atoms with van der Waals surface area (Å²) in [4.78, 5) is 23.2. The second-order valence-corrected chi connectivity index (χ2v) is 4.27. The van der Waals surface area contributed by atoms with Crippen LogP contribution in [0, 0.1) is 23.3 Å². The molecule has 1 rings (SSSR count). The van der Waals surface area contributed by atoms with Crippen molar-refractivity contribution in [3.05, 3.63) is 34.9 Å². The zero-order valence-electron chi connectivity index (χ0n) is 10.6. The van der Waals surface area contributed by atoms with Crippen molar-refractivity contribution in [2.45, 2.75) is 19.9 Å². The molecule has 8 heteroatoms. The highest BCUT2D eigenvalue weighted by Gasteiger charge is 2.28. The van der Waals surface area contributed by atoms with E-state index in [9.17, 15) is 27.2 Å². The van der Waals surface area contributed by atoms with Crippen LogP contribution in [-0.4, -0.2) is 34.5 Å². The van der Waals surface area contributed by atoms with Gasteiger partial charge >= 0.3 is 5.97 Å². The molecule has 110 valence electrons. The summed E-state index contributed by atoms with van der Waals surface area (Å²) in [6.07, 6.45) is 0. The molecule has 1 aromatic rings. The van der Waals surface area contributed by atoms with Crippen LogP contribution in [0.25, 0.3) is 0 Å². The highest BCUT2D eigenvalue weighted by atomic mass is 19.2. The van der Waals surface area contributed by atoms with E-state index in [-0.39, 0.29) is 6.07 Å². The van der Waals surface area contributed by atoms with Gasteiger partial charge in [0.05, 0.1) is 5.56 Å². The molecule has 0 atom stereocenters. The zero-order chi connectivity index (χ0) is 15.6. The van der Waals surface area contributed by atoms with Gasteiger partial charge in [-0.15, -0.1) is 0 Å². The molecular weight excluding hydrogens is 282 g/mol. The topological polar surface area (TPSA) is 57.6 Å². The number of halogens is 4. The Morgan fingerprint density at radius 1 is 1.15 bits per heavy atom. The van der Waals surface area contributed by atoms with E-state index in [4.69, 9.17) is 5.11 Å². The molecule has 20 heavy (non-hydrogen) atoms. The average molecular weight is 293 g/mol. The minimum absolute atomic E-state index is 0.202. The number of benzene rings is 1. The highest BCUT2D eigenvalue weighted by Crippen LogP contribution is 2.20. The quantitative estimate of drug-likeness (QED) is 0.526. The van der Waals surface area contributed by atoms with Crippen LogP contribution in [0.5, 0.6) is 0 Å². The normalized spacial score (nSPS) is 10.8. The first-order valence-corrected chi connectivity index (χ1v) is 5.52. The van der Waals surface area contributed by atoms with Gasteiger partial charge in [-0.25, -0.2) is 17.6 Å². The minimum atomic E-state index is -2.12. The van der Waals surface area contributed by atoms with E-state index in [2.05, 4.69) is 0 Å². The number of carboxylic acid groups (broad SMARTS) is 1. The molecule has 0 aliphatic heterocycles. The number of hydrogen-bond donors (Lipinski definition) is 1. The number of amides is 1. The molecule has 0 aliphatic carbocycles. The molecule has 0 fully saturated rings. The summed E-state index contributed by atoms with van der Waals surface area (Å²) in [5, 5.41) is 8.66. The summed E-state index contributed by atoms with van der Waals surface area (Å²) < 4.78 is 52.4. The van der Waals surface area contributed by atoms with Gasteiger partial charge in [-0.1, -0.05) is 0 Å². The van der Waals surface area contributed by atoms with Crippen molar-refractivity contribution < 1.29 is 32.3 Å². The first-order chi connectivity index (χ1) is 9.16. The van der Waals surface area contributed by atoms with Crippen LogP contribution in [0.15, 0.2) is 6.07 Å². The van der Waals surface area contributed by atoms with Gasteiger partial charge in [-0.3, -0.25) is 9.59 Å². The van der Waals surface area contributed by atoms with Crippen LogP contribution in [0.3, 0.4) is 0 Å². The zero-order valence-corrected chi connectivity index (χ0v) is 10.6. The smallest absolute Gasteiger partial charge is 0.323 e. The molecule has 0 spiro atoms.